The number of likely N-dealkylation sites (tertiary alicyclic amines) is 1. The Morgan fingerprint density at radius 3 is 2.78 bits per heavy atom. The van der Waals surface area contributed by atoms with Crippen LogP contribution in [0.4, 0.5) is 5.82 Å². The Hall–Kier alpha value is -2.11. The molecule has 2 aromatic heterocycles. The largest absolute Gasteiger partial charge is 0.356 e. The van der Waals surface area contributed by atoms with Crippen molar-refractivity contribution >= 4 is 22.8 Å². The first-order valence-corrected chi connectivity index (χ1v) is 8.46. The lowest BCUT2D eigenvalue weighted by atomic mass is 10.0. The maximum Gasteiger partial charge on any atom is 0.222 e. The molecule has 23 heavy (non-hydrogen) atoms. The van der Waals surface area contributed by atoms with Gasteiger partial charge in [0.15, 0.2) is 0 Å². The van der Waals surface area contributed by atoms with Crippen molar-refractivity contribution in [1.82, 2.24) is 19.9 Å². The Labute approximate surface area is 135 Å². The number of fused-ring (bicyclic) bond motifs is 2. The number of carbonyl (C=O) groups excluding carboxylic acids is 1. The average molecular weight is 313 g/mol. The van der Waals surface area contributed by atoms with Crippen LogP contribution in [0.2, 0.25) is 0 Å². The van der Waals surface area contributed by atoms with E-state index in [0.717, 1.165) is 42.8 Å². The number of nitrogens with one attached hydrogen (secondary N) is 1. The number of hydrogen-bond acceptors (Lipinski definition) is 4. The minimum atomic E-state index is 0.300. The standard InChI is InChI=1S/C17H23N5O/c1-3-15(23)22-8-11-6-13(7-12(11)9-22)21(2)17-14-4-5-18-16(14)19-10-20-17/h4-5,10-13H,3,6-9H2,1-2H3,(H,18,19,20)/t11-,12?,13?/m1/s1. The second-order valence-electron chi connectivity index (χ2n) is 6.85. The maximum absolute atomic E-state index is 11.9. The Morgan fingerprint density at radius 2 is 2.09 bits per heavy atom. The van der Waals surface area contributed by atoms with Gasteiger partial charge in [-0.15, -0.1) is 0 Å². The van der Waals surface area contributed by atoms with Crippen LogP contribution in [0.1, 0.15) is 26.2 Å². The van der Waals surface area contributed by atoms with Gasteiger partial charge in [0.1, 0.15) is 17.8 Å². The summed E-state index contributed by atoms with van der Waals surface area (Å²) in [6, 6.07) is 2.54. The first-order valence-electron chi connectivity index (χ1n) is 8.46. The highest BCUT2D eigenvalue weighted by molar-refractivity contribution is 5.87. The summed E-state index contributed by atoms with van der Waals surface area (Å²) in [6.45, 7) is 3.82. The SMILES string of the molecule is CCC(=O)N1CC2CC(N(C)c3ncnc4[nH]ccc34)C[C@@H]2C1. The summed E-state index contributed by atoms with van der Waals surface area (Å²) in [5.41, 5.74) is 0.889. The van der Waals surface area contributed by atoms with Gasteiger partial charge in [0.05, 0.1) is 5.39 Å². The molecule has 0 radical (unpaired) electrons. The van der Waals surface area contributed by atoms with Gasteiger partial charge in [-0.1, -0.05) is 6.92 Å². The quantitative estimate of drug-likeness (QED) is 0.942. The van der Waals surface area contributed by atoms with E-state index < -0.39 is 0 Å². The lowest BCUT2D eigenvalue weighted by Gasteiger charge is -2.28. The van der Waals surface area contributed by atoms with Crippen LogP contribution >= 0.6 is 0 Å². The zero-order valence-corrected chi connectivity index (χ0v) is 13.7. The number of nitrogens with zero attached hydrogens (tertiary/aromatic N) is 4. The van der Waals surface area contributed by atoms with Gasteiger partial charge < -0.3 is 14.8 Å². The van der Waals surface area contributed by atoms with Crippen molar-refractivity contribution in [2.75, 3.05) is 25.0 Å². The van der Waals surface area contributed by atoms with Gasteiger partial charge in [-0.25, -0.2) is 9.97 Å². The van der Waals surface area contributed by atoms with E-state index in [0.29, 0.717) is 30.2 Å². The highest BCUT2D eigenvalue weighted by atomic mass is 16.2. The number of amides is 1. The lowest BCUT2D eigenvalue weighted by molar-refractivity contribution is -0.130. The molecule has 3 heterocycles. The van der Waals surface area contributed by atoms with Gasteiger partial charge >= 0.3 is 0 Å². The Balaban J connectivity index is 1.49. The van der Waals surface area contributed by atoms with Gasteiger partial charge in [-0.3, -0.25) is 4.79 Å². The first kappa shape index (κ1) is 14.5. The van der Waals surface area contributed by atoms with Gasteiger partial charge in [-0.2, -0.15) is 0 Å². The van der Waals surface area contributed by atoms with Crippen molar-refractivity contribution < 1.29 is 4.79 Å². The maximum atomic E-state index is 11.9. The fourth-order valence-corrected chi connectivity index (χ4v) is 4.32. The lowest BCUT2D eigenvalue weighted by Crippen LogP contribution is -2.34. The summed E-state index contributed by atoms with van der Waals surface area (Å²) < 4.78 is 0. The molecule has 1 amide bonds. The molecule has 0 aromatic carbocycles. The van der Waals surface area contributed by atoms with Gasteiger partial charge in [-0.05, 0) is 30.7 Å². The van der Waals surface area contributed by atoms with Crippen LogP contribution in [0.25, 0.3) is 11.0 Å². The highest BCUT2D eigenvalue weighted by Crippen LogP contribution is 2.41. The summed E-state index contributed by atoms with van der Waals surface area (Å²) in [7, 11) is 2.13. The van der Waals surface area contributed by atoms with E-state index >= 15 is 0 Å². The third kappa shape index (κ3) is 2.36. The van der Waals surface area contributed by atoms with E-state index in [2.05, 4.69) is 31.8 Å². The molecule has 2 aromatic rings. The zero-order chi connectivity index (χ0) is 16.0. The number of anilines is 1. The Kier molecular flexibility index (Phi) is 3.47. The van der Waals surface area contributed by atoms with Crippen LogP contribution in [-0.2, 0) is 4.79 Å². The van der Waals surface area contributed by atoms with E-state index in [4.69, 9.17) is 0 Å². The number of rotatable bonds is 3. The summed E-state index contributed by atoms with van der Waals surface area (Å²) in [4.78, 5) is 28.2. The summed E-state index contributed by atoms with van der Waals surface area (Å²) in [5.74, 6) is 2.58. The molecule has 1 aliphatic carbocycles. The van der Waals surface area contributed by atoms with Gasteiger partial charge in [0.2, 0.25) is 5.91 Å². The summed E-state index contributed by atoms with van der Waals surface area (Å²) in [5, 5.41) is 1.08. The molecule has 1 aliphatic heterocycles. The van der Waals surface area contributed by atoms with E-state index in [-0.39, 0.29) is 0 Å². The molecular weight excluding hydrogens is 290 g/mol. The van der Waals surface area contributed by atoms with E-state index in [1.54, 1.807) is 6.33 Å². The normalized spacial score (nSPS) is 26.7. The minimum absolute atomic E-state index is 0.300. The number of hydrogen-bond donors (Lipinski definition) is 1. The molecule has 3 atom stereocenters. The van der Waals surface area contributed by atoms with Crippen LogP contribution in [0.3, 0.4) is 0 Å². The van der Waals surface area contributed by atoms with Crippen LogP contribution in [-0.4, -0.2) is 51.9 Å². The van der Waals surface area contributed by atoms with Crippen molar-refractivity contribution in [3.05, 3.63) is 18.6 Å². The second-order valence-corrected chi connectivity index (χ2v) is 6.85. The predicted molar refractivity (Wildman–Crippen MR) is 89.2 cm³/mol. The van der Waals surface area contributed by atoms with Crippen molar-refractivity contribution in [3.8, 4) is 0 Å². The van der Waals surface area contributed by atoms with Crippen molar-refractivity contribution in [2.45, 2.75) is 32.2 Å². The summed E-state index contributed by atoms with van der Waals surface area (Å²) >= 11 is 0. The molecule has 6 nitrogen and oxygen atoms in total. The molecule has 2 fully saturated rings. The number of aromatic nitrogens is 3. The third-order valence-electron chi connectivity index (χ3n) is 5.60. The fourth-order valence-electron chi connectivity index (χ4n) is 4.32. The molecule has 1 N–H and O–H groups in total. The number of aromatic amines is 1. The van der Waals surface area contributed by atoms with Crippen LogP contribution in [0.5, 0.6) is 0 Å². The van der Waals surface area contributed by atoms with Gasteiger partial charge in [0, 0.05) is 38.8 Å². The van der Waals surface area contributed by atoms with Crippen LogP contribution < -0.4 is 4.90 Å². The topological polar surface area (TPSA) is 65.1 Å². The molecule has 0 bridgehead atoms. The smallest absolute Gasteiger partial charge is 0.222 e. The first-order chi connectivity index (χ1) is 11.2. The van der Waals surface area contributed by atoms with Crippen molar-refractivity contribution in [2.24, 2.45) is 11.8 Å². The zero-order valence-electron chi connectivity index (χ0n) is 13.7. The van der Waals surface area contributed by atoms with E-state index in [9.17, 15) is 4.79 Å². The molecule has 0 spiro atoms. The number of carbonyl (C=O) groups is 1. The highest BCUT2D eigenvalue weighted by Gasteiger charge is 2.43. The molecule has 2 aliphatic rings. The van der Waals surface area contributed by atoms with Crippen LogP contribution in [0, 0.1) is 11.8 Å². The minimum Gasteiger partial charge on any atom is -0.356 e. The van der Waals surface area contributed by atoms with Gasteiger partial charge in [0.25, 0.3) is 0 Å². The fraction of sp³-hybridized carbons (Fsp3) is 0.588. The summed E-state index contributed by atoms with van der Waals surface area (Å²) in [6.07, 6.45) is 6.45. The Morgan fingerprint density at radius 1 is 1.35 bits per heavy atom. The average Bonchev–Trinajstić information content (AvgIpc) is 3.26. The molecule has 2 unspecified atom stereocenters. The molecule has 122 valence electrons. The molecule has 1 saturated carbocycles. The van der Waals surface area contributed by atoms with Crippen LogP contribution in [0.15, 0.2) is 18.6 Å². The van der Waals surface area contributed by atoms with E-state index in [1.165, 1.54) is 0 Å². The van der Waals surface area contributed by atoms with Crippen molar-refractivity contribution in [1.29, 1.82) is 0 Å². The van der Waals surface area contributed by atoms with E-state index in [1.807, 2.05) is 19.2 Å². The Bertz CT molecular complexity index is 713. The molecule has 1 saturated heterocycles. The van der Waals surface area contributed by atoms with Crippen molar-refractivity contribution in [3.63, 3.8) is 0 Å². The predicted octanol–water partition coefficient (Wildman–Crippen LogP) is 2.04. The second kappa shape index (κ2) is 5.51. The number of H-pyrrole nitrogens is 1. The molecule has 4 rings (SSSR count). The molecular formula is C17H23N5O. The third-order valence-corrected chi connectivity index (χ3v) is 5.60. The molecule has 6 heteroatoms. The monoisotopic (exact) mass is 313 g/mol.